The van der Waals surface area contributed by atoms with Gasteiger partial charge >= 0.3 is 0 Å². The van der Waals surface area contributed by atoms with Crippen molar-refractivity contribution < 1.29 is 4.74 Å². The first kappa shape index (κ1) is 16.7. The molecule has 25 heavy (non-hydrogen) atoms. The van der Waals surface area contributed by atoms with Crippen molar-refractivity contribution in [1.29, 1.82) is 0 Å². The van der Waals surface area contributed by atoms with Crippen LogP contribution in [0.1, 0.15) is 69.2 Å². The number of ether oxygens (including phenoxy) is 1. The van der Waals surface area contributed by atoms with Crippen molar-refractivity contribution in [3.05, 3.63) is 23.1 Å². The summed E-state index contributed by atoms with van der Waals surface area (Å²) < 4.78 is 6.99. The molecular weight excluding hydrogens is 330 g/mol. The first-order valence-electron chi connectivity index (χ1n) is 9.42. The van der Waals surface area contributed by atoms with E-state index in [9.17, 15) is 0 Å². The Hall–Kier alpha value is -1.75. The van der Waals surface area contributed by atoms with Crippen molar-refractivity contribution in [1.82, 2.24) is 15.0 Å². The molecule has 0 amide bonds. The van der Waals surface area contributed by atoms with E-state index in [1.165, 1.54) is 35.0 Å². The van der Waals surface area contributed by atoms with Crippen molar-refractivity contribution in [2.45, 2.75) is 65.2 Å². The quantitative estimate of drug-likeness (QED) is 0.573. The van der Waals surface area contributed by atoms with Gasteiger partial charge in [-0.25, -0.2) is 15.0 Å². The first-order valence-corrected chi connectivity index (χ1v) is 10.2. The van der Waals surface area contributed by atoms with Crippen LogP contribution in [0.2, 0.25) is 0 Å². The Labute approximate surface area is 152 Å². The van der Waals surface area contributed by atoms with Crippen LogP contribution in [0, 0.1) is 0 Å². The summed E-state index contributed by atoms with van der Waals surface area (Å²) in [6.45, 7) is 7.37. The molecule has 0 unspecified atom stereocenters. The van der Waals surface area contributed by atoms with Crippen LogP contribution < -0.4 is 4.74 Å². The summed E-state index contributed by atoms with van der Waals surface area (Å²) in [5, 5.41) is 1.25. The fourth-order valence-electron chi connectivity index (χ4n) is 3.76. The van der Waals surface area contributed by atoms with Gasteiger partial charge in [0.1, 0.15) is 15.9 Å². The summed E-state index contributed by atoms with van der Waals surface area (Å²) in [5.41, 5.74) is 5.25. The topological polar surface area (TPSA) is 47.9 Å². The van der Waals surface area contributed by atoms with E-state index in [1.807, 2.05) is 0 Å². The highest BCUT2D eigenvalue weighted by Crippen LogP contribution is 2.42. The lowest BCUT2D eigenvalue weighted by molar-refractivity contribution is 0.302. The second-order valence-corrected chi connectivity index (χ2v) is 8.16. The Morgan fingerprint density at radius 1 is 1.16 bits per heavy atom. The van der Waals surface area contributed by atoms with Crippen molar-refractivity contribution in [2.75, 3.05) is 6.61 Å². The van der Waals surface area contributed by atoms with E-state index >= 15 is 0 Å². The molecular formula is C20H25N3OS. The van der Waals surface area contributed by atoms with Gasteiger partial charge in [0.2, 0.25) is 5.88 Å². The van der Waals surface area contributed by atoms with Crippen molar-refractivity contribution >= 4 is 31.8 Å². The Kier molecular flexibility index (Phi) is 4.59. The van der Waals surface area contributed by atoms with Gasteiger partial charge < -0.3 is 4.74 Å². The van der Waals surface area contributed by atoms with Gasteiger partial charge in [-0.05, 0) is 49.1 Å². The third-order valence-electron chi connectivity index (χ3n) is 5.00. The van der Waals surface area contributed by atoms with E-state index in [0.29, 0.717) is 12.5 Å². The third kappa shape index (κ3) is 2.88. The van der Waals surface area contributed by atoms with Gasteiger partial charge in [0.15, 0.2) is 0 Å². The van der Waals surface area contributed by atoms with Crippen LogP contribution in [-0.2, 0) is 12.8 Å². The van der Waals surface area contributed by atoms with Crippen LogP contribution >= 0.6 is 11.3 Å². The molecule has 0 aromatic carbocycles. The molecule has 4 nitrogen and oxygen atoms in total. The predicted molar refractivity (Wildman–Crippen MR) is 104 cm³/mol. The number of thiophene rings is 1. The number of unbranched alkanes of at least 4 members (excludes halogenated alkanes) is 1. The molecule has 0 aliphatic heterocycles. The minimum absolute atomic E-state index is 0.452. The minimum atomic E-state index is 0.452. The van der Waals surface area contributed by atoms with Crippen molar-refractivity contribution in [3.8, 4) is 5.88 Å². The van der Waals surface area contributed by atoms with Gasteiger partial charge in [-0.15, -0.1) is 11.3 Å². The molecule has 4 rings (SSSR count). The number of fused-ring (bicyclic) bond motifs is 5. The molecule has 3 aromatic heterocycles. The van der Waals surface area contributed by atoms with Gasteiger partial charge in [0.25, 0.3) is 0 Å². The Bertz CT molecular complexity index is 916. The van der Waals surface area contributed by atoms with Crippen LogP contribution in [0.25, 0.3) is 20.4 Å². The summed E-state index contributed by atoms with van der Waals surface area (Å²) in [4.78, 5) is 15.2. The van der Waals surface area contributed by atoms with Crippen LogP contribution in [0.4, 0.5) is 0 Å². The average Bonchev–Trinajstić information content (AvgIpc) is 3.01. The average molecular weight is 356 g/mol. The van der Waals surface area contributed by atoms with Gasteiger partial charge in [0.05, 0.1) is 12.1 Å². The minimum Gasteiger partial charge on any atom is -0.477 e. The van der Waals surface area contributed by atoms with Gasteiger partial charge in [-0.3, -0.25) is 0 Å². The first-order chi connectivity index (χ1) is 12.2. The van der Waals surface area contributed by atoms with E-state index in [1.54, 1.807) is 17.7 Å². The number of nitrogens with zero attached hydrogens (tertiary/aromatic N) is 3. The summed E-state index contributed by atoms with van der Waals surface area (Å²) in [7, 11) is 0. The Balaban J connectivity index is 1.94. The molecule has 0 N–H and O–H groups in total. The highest BCUT2D eigenvalue weighted by Gasteiger charge is 2.24. The lowest BCUT2D eigenvalue weighted by Gasteiger charge is -2.21. The van der Waals surface area contributed by atoms with Gasteiger partial charge in [-0.2, -0.15) is 0 Å². The fourth-order valence-corrected chi connectivity index (χ4v) is 4.87. The monoisotopic (exact) mass is 355 g/mol. The molecule has 1 aliphatic carbocycles. The molecule has 0 atom stereocenters. The maximum absolute atomic E-state index is 5.94. The number of aromatic nitrogens is 3. The normalized spacial score (nSPS) is 14.4. The largest absolute Gasteiger partial charge is 0.477 e. The fraction of sp³-hybridized carbons (Fsp3) is 0.550. The molecule has 0 radical (unpaired) electrons. The second kappa shape index (κ2) is 6.87. The molecule has 5 heteroatoms. The molecule has 0 spiro atoms. The number of hydrogen-bond acceptors (Lipinski definition) is 5. The summed E-state index contributed by atoms with van der Waals surface area (Å²) in [5.74, 6) is 1.17. The molecule has 3 heterocycles. The lowest BCUT2D eigenvalue weighted by Crippen LogP contribution is -2.10. The van der Waals surface area contributed by atoms with E-state index in [4.69, 9.17) is 9.72 Å². The van der Waals surface area contributed by atoms with E-state index in [0.717, 1.165) is 46.6 Å². The summed E-state index contributed by atoms with van der Waals surface area (Å²) >= 11 is 1.69. The predicted octanol–water partition coefficient (Wildman–Crippen LogP) is 5.42. The van der Waals surface area contributed by atoms with Crippen LogP contribution in [0.3, 0.4) is 0 Å². The van der Waals surface area contributed by atoms with E-state index in [-0.39, 0.29) is 0 Å². The van der Waals surface area contributed by atoms with Crippen LogP contribution in [-0.4, -0.2) is 21.6 Å². The Morgan fingerprint density at radius 3 is 2.72 bits per heavy atom. The molecule has 0 saturated carbocycles. The highest BCUT2D eigenvalue weighted by atomic mass is 32.1. The zero-order valence-corrected chi connectivity index (χ0v) is 16.1. The molecule has 132 valence electrons. The Morgan fingerprint density at radius 2 is 1.96 bits per heavy atom. The number of rotatable bonds is 5. The number of hydrogen-bond donors (Lipinski definition) is 0. The maximum Gasteiger partial charge on any atom is 0.234 e. The summed E-state index contributed by atoms with van der Waals surface area (Å²) in [6.07, 6.45) is 8.61. The third-order valence-corrected chi connectivity index (χ3v) is 6.07. The van der Waals surface area contributed by atoms with Gasteiger partial charge in [-0.1, -0.05) is 27.2 Å². The van der Waals surface area contributed by atoms with Crippen molar-refractivity contribution in [2.24, 2.45) is 0 Å². The van der Waals surface area contributed by atoms with Crippen LogP contribution in [0.15, 0.2) is 6.33 Å². The smallest absolute Gasteiger partial charge is 0.234 e. The van der Waals surface area contributed by atoms with Crippen LogP contribution in [0.5, 0.6) is 5.88 Å². The molecule has 3 aromatic rings. The standard InChI is InChI=1S/C20H25N3OS/c1-4-5-10-24-19-18-17(21-11-22-19)15-13-8-6-7-9-14(13)16(12(2)3)23-20(15)25-18/h11-12H,4-10H2,1-3H3. The van der Waals surface area contributed by atoms with Crippen molar-refractivity contribution in [3.63, 3.8) is 0 Å². The maximum atomic E-state index is 5.94. The van der Waals surface area contributed by atoms with E-state index in [2.05, 4.69) is 30.7 Å². The SMILES string of the molecule is CCCCOc1ncnc2c1sc1nc(C(C)C)c3c(c12)CCCC3. The lowest BCUT2D eigenvalue weighted by atomic mass is 9.86. The number of aryl methyl sites for hydroxylation is 1. The molecule has 1 aliphatic rings. The highest BCUT2D eigenvalue weighted by molar-refractivity contribution is 7.25. The second-order valence-electron chi connectivity index (χ2n) is 7.16. The zero-order valence-electron chi connectivity index (χ0n) is 15.3. The summed E-state index contributed by atoms with van der Waals surface area (Å²) in [6, 6.07) is 0. The number of pyridine rings is 1. The van der Waals surface area contributed by atoms with Gasteiger partial charge in [0, 0.05) is 11.1 Å². The zero-order chi connectivity index (χ0) is 17.4. The molecule has 0 saturated heterocycles. The molecule has 0 bridgehead atoms. The van der Waals surface area contributed by atoms with E-state index < -0.39 is 0 Å². The molecule has 0 fully saturated rings.